The highest BCUT2D eigenvalue weighted by atomic mass is 32.2. The van der Waals surface area contributed by atoms with Crippen molar-refractivity contribution in [3.63, 3.8) is 0 Å². The second kappa shape index (κ2) is 11.1. The van der Waals surface area contributed by atoms with Crippen LogP contribution in [0.15, 0.2) is 95.4 Å². The predicted octanol–water partition coefficient (Wildman–Crippen LogP) is 5.56. The molecule has 1 fully saturated rings. The number of allylic oxidation sites excluding steroid dienone is 1. The van der Waals surface area contributed by atoms with Crippen molar-refractivity contribution < 1.29 is 9.47 Å². The molecule has 194 valence electrons. The summed E-state index contributed by atoms with van der Waals surface area (Å²) in [5.74, 6) is 1.96. The number of hydrogen-bond donors (Lipinski definition) is 0. The van der Waals surface area contributed by atoms with Crippen molar-refractivity contribution in [3.05, 3.63) is 107 Å². The van der Waals surface area contributed by atoms with Crippen LogP contribution in [0.4, 0.5) is 11.6 Å². The quantitative estimate of drug-likeness (QED) is 0.298. The molecule has 4 aromatic rings. The average molecular weight is 535 g/mol. The van der Waals surface area contributed by atoms with Crippen molar-refractivity contribution in [2.45, 2.75) is 0 Å². The molecule has 1 saturated heterocycles. The lowest BCUT2D eigenvalue weighted by Crippen LogP contribution is -2.38. The second-order valence-electron chi connectivity index (χ2n) is 8.91. The Labute approximate surface area is 231 Å². The Kier molecular flexibility index (Phi) is 7.04. The first kappa shape index (κ1) is 24.8. The van der Waals surface area contributed by atoms with E-state index in [1.54, 1.807) is 7.11 Å². The van der Waals surface area contributed by atoms with E-state index in [1.807, 2.05) is 77.4 Å². The highest BCUT2D eigenvalue weighted by Crippen LogP contribution is 2.46. The standard InChI is InChI=1S/C30H26N6O2S/c1-37-25-14-12-24(13-15-25)35-27(22-8-4-2-5-9-22)21-39-29(35)26(20-31)28-32-33-30(34-16-18-38-19-17-34)36(28)23-10-6-3-7-11-23/h2-15,21H,16-19H2,1H3. The van der Waals surface area contributed by atoms with Crippen molar-refractivity contribution in [2.24, 2.45) is 0 Å². The highest BCUT2D eigenvalue weighted by Gasteiger charge is 2.32. The summed E-state index contributed by atoms with van der Waals surface area (Å²) in [6.45, 7) is 2.65. The average Bonchev–Trinajstić information content (AvgIpc) is 3.65. The normalized spacial score (nSPS) is 16.6. The summed E-state index contributed by atoms with van der Waals surface area (Å²) in [6, 6.07) is 30.4. The molecule has 0 bridgehead atoms. The van der Waals surface area contributed by atoms with Crippen LogP contribution in [0.3, 0.4) is 0 Å². The molecule has 8 nitrogen and oxygen atoms in total. The van der Waals surface area contributed by atoms with Gasteiger partial charge in [-0.25, -0.2) is 0 Å². The Morgan fingerprint density at radius 1 is 0.897 bits per heavy atom. The van der Waals surface area contributed by atoms with Gasteiger partial charge < -0.3 is 19.3 Å². The van der Waals surface area contributed by atoms with E-state index < -0.39 is 0 Å². The minimum atomic E-state index is 0.439. The van der Waals surface area contributed by atoms with Crippen molar-refractivity contribution in [1.82, 2.24) is 14.8 Å². The molecule has 9 heteroatoms. The third kappa shape index (κ3) is 4.76. The number of morpholine rings is 1. The van der Waals surface area contributed by atoms with E-state index in [0.29, 0.717) is 43.6 Å². The molecule has 39 heavy (non-hydrogen) atoms. The molecule has 0 saturated carbocycles. The Bertz CT molecular complexity index is 1550. The number of rotatable bonds is 6. The number of methoxy groups -OCH3 is 1. The summed E-state index contributed by atoms with van der Waals surface area (Å²) >= 11 is 1.51. The molecule has 3 aromatic carbocycles. The van der Waals surface area contributed by atoms with Gasteiger partial charge in [0.25, 0.3) is 0 Å². The number of benzene rings is 3. The third-order valence-electron chi connectivity index (χ3n) is 6.63. The maximum absolute atomic E-state index is 10.6. The number of hydrogen-bond acceptors (Lipinski definition) is 8. The lowest BCUT2D eigenvalue weighted by Gasteiger charge is -2.28. The van der Waals surface area contributed by atoms with Crippen molar-refractivity contribution in [2.75, 3.05) is 43.2 Å². The van der Waals surface area contributed by atoms with Gasteiger partial charge in [-0.05, 0) is 42.0 Å². The van der Waals surface area contributed by atoms with Gasteiger partial charge in [-0.1, -0.05) is 60.3 Å². The monoisotopic (exact) mass is 534 g/mol. The molecule has 1 aromatic heterocycles. The summed E-state index contributed by atoms with van der Waals surface area (Å²) < 4.78 is 12.9. The number of ether oxygens (including phenoxy) is 2. The van der Waals surface area contributed by atoms with Gasteiger partial charge in [0, 0.05) is 24.2 Å². The fourth-order valence-electron chi connectivity index (χ4n) is 4.71. The fourth-order valence-corrected chi connectivity index (χ4v) is 5.73. The molecule has 0 radical (unpaired) electrons. The zero-order chi connectivity index (χ0) is 26.6. The molecule has 6 rings (SSSR count). The number of nitriles is 1. The van der Waals surface area contributed by atoms with Crippen LogP contribution in [0.1, 0.15) is 11.4 Å². The first-order valence-electron chi connectivity index (χ1n) is 12.6. The Balaban J connectivity index is 1.53. The maximum Gasteiger partial charge on any atom is 0.232 e. The van der Waals surface area contributed by atoms with Gasteiger partial charge in [0.05, 0.1) is 31.7 Å². The predicted molar refractivity (Wildman–Crippen MR) is 154 cm³/mol. The SMILES string of the molecule is COc1ccc(N2C(c3ccccc3)=CSC2=C(C#N)c2nnc(N3CCOCC3)n2-c2ccccc2)cc1. The largest absolute Gasteiger partial charge is 0.497 e. The molecule has 0 unspecified atom stereocenters. The van der Waals surface area contributed by atoms with Crippen molar-refractivity contribution >= 4 is 34.7 Å². The van der Waals surface area contributed by atoms with Gasteiger partial charge in [-0.15, -0.1) is 10.2 Å². The number of thioether (sulfide) groups is 1. The van der Waals surface area contributed by atoms with Crippen molar-refractivity contribution in [1.29, 1.82) is 5.26 Å². The molecule has 2 aliphatic heterocycles. The third-order valence-corrected chi connectivity index (χ3v) is 7.58. The van der Waals surface area contributed by atoms with Crippen LogP contribution in [-0.2, 0) is 4.74 Å². The van der Waals surface area contributed by atoms with Gasteiger partial charge in [0.15, 0.2) is 5.82 Å². The van der Waals surface area contributed by atoms with Crippen LogP contribution in [-0.4, -0.2) is 48.2 Å². The summed E-state index contributed by atoms with van der Waals surface area (Å²) in [4.78, 5) is 4.26. The summed E-state index contributed by atoms with van der Waals surface area (Å²) in [6.07, 6.45) is 0. The zero-order valence-electron chi connectivity index (χ0n) is 21.4. The molecule has 3 heterocycles. The topological polar surface area (TPSA) is 79.4 Å². The van der Waals surface area contributed by atoms with E-state index in [2.05, 4.69) is 43.6 Å². The van der Waals surface area contributed by atoms with E-state index in [9.17, 15) is 5.26 Å². The summed E-state index contributed by atoms with van der Waals surface area (Å²) in [5.41, 5.74) is 4.27. The number of nitrogens with zero attached hydrogens (tertiary/aromatic N) is 6. The van der Waals surface area contributed by atoms with E-state index in [0.717, 1.165) is 33.4 Å². The molecule has 0 amide bonds. The first-order valence-corrected chi connectivity index (χ1v) is 13.5. The second-order valence-corrected chi connectivity index (χ2v) is 9.76. The van der Waals surface area contributed by atoms with Crippen LogP contribution in [0.5, 0.6) is 5.75 Å². The molecule has 0 aliphatic carbocycles. The lowest BCUT2D eigenvalue weighted by molar-refractivity contribution is 0.122. The zero-order valence-corrected chi connectivity index (χ0v) is 22.2. The van der Waals surface area contributed by atoms with Crippen LogP contribution < -0.4 is 14.5 Å². The lowest BCUT2D eigenvalue weighted by atomic mass is 10.1. The van der Waals surface area contributed by atoms with E-state index in [1.165, 1.54) is 11.8 Å². The van der Waals surface area contributed by atoms with E-state index in [4.69, 9.17) is 9.47 Å². The van der Waals surface area contributed by atoms with Gasteiger partial charge in [0.2, 0.25) is 5.95 Å². The van der Waals surface area contributed by atoms with Crippen LogP contribution >= 0.6 is 11.8 Å². The number of aromatic nitrogens is 3. The van der Waals surface area contributed by atoms with Crippen LogP contribution in [0, 0.1) is 11.3 Å². The van der Waals surface area contributed by atoms with Crippen molar-refractivity contribution in [3.8, 4) is 17.5 Å². The van der Waals surface area contributed by atoms with E-state index >= 15 is 0 Å². The minimum Gasteiger partial charge on any atom is -0.497 e. The van der Waals surface area contributed by atoms with Crippen LogP contribution in [0.25, 0.3) is 17.0 Å². The minimum absolute atomic E-state index is 0.439. The van der Waals surface area contributed by atoms with Gasteiger partial charge >= 0.3 is 0 Å². The summed E-state index contributed by atoms with van der Waals surface area (Å²) in [7, 11) is 1.65. The number of anilines is 2. The highest BCUT2D eigenvalue weighted by molar-refractivity contribution is 8.06. The molecule has 0 N–H and O–H groups in total. The molecular formula is C30H26N6O2S. The molecule has 2 aliphatic rings. The van der Waals surface area contributed by atoms with Gasteiger partial charge in [-0.2, -0.15) is 5.26 Å². The molecule has 0 spiro atoms. The maximum atomic E-state index is 10.6. The Morgan fingerprint density at radius 3 is 2.26 bits per heavy atom. The molecule has 0 atom stereocenters. The van der Waals surface area contributed by atoms with Crippen LogP contribution in [0.2, 0.25) is 0 Å². The van der Waals surface area contributed by atoms with E-state index in [-0.39, 0.29) is 0 Å². The smallest absolute Gasteiger partial charge is 0.232 e. The Hall–Kier alpha value is -4.52. The van der Waals surface area contributed by atoms with Gasteiger partial charge in [-0.3, -0.25) is 4.57 Å². The fraction of sp³-hybridized carbons (Fsp3) is 0.167. The summed E-state index contributed by atoms with van der Waals surface area (Å²) in [5, 5.41) is 22.7. The Morgan fingerprint density at radius 2 is 1.59 bits per heavy atom. The van der Waals surface area contributed by atoms with Gasteiger partial charge in [0.1, 0.15) is 22.4 Å². The molecular weight excluding hydrogens is 508 g/mol. The first-order chi connectivity index (χ1) is 19.3. The number of para-hydroxylation sites is 1.